The average molecular weight is 450 g/mol. The zero-order chi connectivity index (χ0) is 21.9. The summed E-state index contributed by atoms with van der Waals surface area (Å²) in [5.41, 5.74) is 1.91. The zero-order valence-corrected chi connectivity index (χ0v) is 19.1. The van der Waals surface area contributed by atoms with Crippen molar-refractivity contribution in [3.05, 3.63) is 45.8 Å². The Morgan fingerprint density at radius 2 is 1.67 bits per heavy atom. The first-order valence-corrected chi connectivity index (χ1v) is 12.4. The summed E-state index contributed by atoms with van der Waals surface area (Å²) in [6, 6.07) is 5.89. The van der Waals surface area contributed by atoms with Crippen molar-refractivity contribution < 1.29 is 18.0 Å². The van der Waals surface area contributed by atoms with Gasteiger partial charge in [0.25, 0.3) is 11.8 Å². The van der Waals surface area contributed by atoms with Crippen molar-refractivity contribution in [1.29, 1.82) is 0 Å². The largest absolute Gasteiger partial charge is 0.355 e. The van der Waals surface area contributed by atoms with Gasteiger partial charge in [0, 0.05) is 30.6 Å². The van der Waals surface area contributed by atoms with E-state index in [1.807, 2.05) is 0 Å². The van der Waals surface area contributed by atoms with Gasteiger partial charge in [0.15, 0.2) is 0 Å². The molecule has 9 heteroatoms. The summed E-state index contributed by atoms with van der Waals surface area (Å²) in [5.74, 6) is -0.573. The van der Waals surface area contributed by atoms with Crippen molar-refractivity contribution in [2.24, 2.45) is 0 Å². The van der Waals surface area contributed by atoms with Crippen LogP contribution in [-0.2, 0) is 22.9 Å². The maximum Gasteiger partial charge on any atom is 0.256 e. The van der Waals surface area contributed by atoms with Crippen LogP contribution in [0, 0.1) is 0 Å². The second-order valence-electron chi connectivity index (χ2n) is 7.06. The normalized spacial score (nSPS) is 13.7. The fraction of sp³-hybridized carbons (Fsp3) is 0.429. The Balaban J connectivity index is 1.85. The van der Waals surface area contributed by atoms with E-state index in [0.29, 0.717) is 29.2 Å². The van der Waals surface area contributed by atoms with Crippen LogP contribution in [0.15, 0.2) is 29.2 Å². The van der Waals surface area contributed by atoms with Crippen molar-refractivity contribution in [3.8, 4) is 0 Å². The highest BCUT2D eigenvalue weighted by Gasteiger charge is 2.26. The smallest absolute Gasteiger partial charge is 0.256 e. The van der Waals surface area contributed by atoms with E-state index in [4.69, 9.17) is 0 Å². The molecule has 0 saturated carbocycles. The third-order valence-electron chi connectivity index (χ3n) is 5.31. The molecule has 0 spiro atoms. The summed E-state index contributed by atoms with van der Waals surface area (Å²) < 4.78 is 26.6. The average Bonchev–Trinajstić information content (AvgIpc) is 3.11. The van der Waals surface area contributed by atoms with Crippen LogP contribution in [0.3, 0.4) is 0 Å². The van der Waals surface area contributed by atoms with E-state index in [1.165, 1.54) is 39.9 Å². The number of nitrogens with one attached hydrogen (secondary N) is 2. The maximum absolute atomic E-state index is 12.8. The van der Waals surface area contributed by atoms with Gasteiger partial charge in [-0.2, -0.15) is 4.31 Å². The van der Waals surface area contributed by atoms with Gasteiger partial charge in [-0.1, -0.05) is 13.8 Å². The van der Waals surface area contributed by atoms with Crippen molar-refractivity contribution in [2.75, 3.05) is 25.5 Å². The van der Waals surface area contributed by atoms with Gasteiger partial charge in [0.2, 0.25) is 10.0 Å². The van der Waals surface area contributed by atoms with Crippen LogP contribution in [0.1, 0.15) is 57.8 Å². The van der Waals surface area contributed by atoms with Crippen molar-refractivity contribution in [2.45, 2.75) is 44.4 Å². The number of hydrogen-bond acceptors (Lipinski definition) is 5. The second-order valence-corrected chi connectivity index (χ2v) is 10.1. The zero-order valence-electron chi connectivity index (χ0n) is 17.4. The summed E-state index contributed by atoms with van der Waals surface area (Å²) >= 11 is 1.45. The molecule has 0 aliphatic heterocycles. The quantitative estimate of drug-likeness (QED) is 0.678. The SMILES string of the molecule is CCN(CC)S(=O)(=O)c1ccc(C(=O)Nc2sc3c(c2C(=O)NC)CCCC3)cc1. The Morgan fingerprint density at radius 3 is 2.27 bits per heavy atom. The molecule has 1 aromatic heterocycles. The van der Waals surface area contributed by atoms with Gasteiger partial charge in [-0.25, -0.2) is 8.42 Å². The van der Waals surface area contributed by atoms with Crippen LogP contribution in [-0.4, -0.2) is 44.7 Å². The van der Waals surface area contributed by atoms with Crippen LogP contribution < -0.4 is 10.6 Å². The maximum atomic E-state index is 12.8. The number of carbonyl (C=O) groups excluding carboxylic acids is 2. The summed E-state index contributed by atoms with van der Waals surface area (Å²) in [6.45, 7) is 4.33. The molecule has 0 unspecified atom stereocenters. The van der Waals surface area contributed by atoms with Crippen molar-refractivity contribution in [3.63, 3.8) is 0 Å². The number of amides is 2. The fourth-order valence-corrected chi connectivity index (χ4v) is 6.43. The Morgan fingerprint density at radius 1 is 1.03 bits per heavy atom. The standard InChI is InChI=1S/C21H27N3O4S2/c1-4-24(5-2)30(27,28)15-12-10-14(11-13-15)19(25)23-21-18(20(26)22-3)16-8-6-7-9-17(16)29-21/h10-13H,4-9H2,1-3H3,(H,22,26)(H,23,25). The number of thiophene rings is 1. The summed E-state index contributed by atoms with van der Waals surface area (Å²) in [5, 5.41) is 6.07. The number of hydrogen-bond donors (Lipinski definition) is 2. The van der Waals surface area contributed by atoms with Crippen molar-refractivity contribution in [1.82, 2.24) is 9.62 Å². The van der Waals surface area contributed by atoms with E-state index in [1.54, 1.807) is 20.9 Å². The minimum Gasteiger partial charge on any atom is -0.355 e. The first kappa shape index (κ1) is 22.5. The molecule has 7 nitrogen and oxygen atoms in total. The minimum atomic E-state index is -3.58. The Labute approximate surface area is 181 Å². The van der Waals surface area contributed by atoms with Crippen LogP contribution in [0.4, 0.5) is 5.00 Å². The highest BCUT2D eigenvalue weighted by atomic mass is 32.2. The van der Waals surface area contributed by atoms with E-state index in [-0.39, 0.29) is 16.7 Å². The molecule has 0 bridgehead atoms. The molecule has 0 fully saturated rings. The third-order valence-corrected chi connectivity index (χ3v) is 8.58. The second kappa shape index (κ2) is 9.28. The molecule has 30 heavy (non-hydrogen) atoms. The van der Waals surface area contributed by atoms with Gasteiger partial charge < -0.3 is 10.6 Å². The predicted octanol–water partition coefficient (Wildman–Crippen LogP) is 3.27. The lowest BCUT2D eigenvalue weighted by Gasteiger charge is -2.18. The van der Waals surface area contributed by atoms with E-state index in [2.05, 4.69) is 10.6 Å². The Kier molecular flexibility index (Phi) is 6.95. The summed E-state index contributed by atoms with van der Waals surface area (Å²) in [6.07, 6.45) is 3.86. The molecule has 0 atom stereocenters. The molecule has 162 valence electrons. The molecule has 0 radical (unpaired) electrons. The topological polar surface area (TPSA) is 95.6 Å². The monoisotopic (exact) mass is 449 g/mol. The van der Waals surface area contributed by atoms with E-state index in [0.717, 1.165) is 36.1 Å². The molecular formula is C21H27N3O4S2. The molecule has 2 aromatic rings. The number of carbonyl (C=O) groups is 2. The Hall–Kier alpha value is -2.23. The number of sulfonamides is 1. The number of fused-ring (bicyclic) bond motifs is 1. The van der Waals surface area contributed by atoms with Crippen molar-refractivity contribution >= 4 is 38.2 Å². The lowest BCUT2D eigenvalue weighted by atomic mass is 9.95. The van der Waals surface area contributed by atoms with E-state index in [9.17, 15) is 18.0 Å². The number of nitrogens with zero attached hydrogens (tertiary/aromatic N) is 1. The van der Waals surface area contributed by atoms with Gasteiger partial charge in [0.05, 0.1) is 10.5 Å². The molecule has 3 rings (SSSR count). The van der Waals surface area contributed by atoms with Gasteiger partial charge in [-0.05, 0) is 55.5 Å². The third kappa shape index (κ3) is 4.28. The Bertz CT molecular complexity index is 1040. The van der Waals surface area contributed by atoms with E-state index >= 15 is 0 Å². The molecule has 1 heterocycles. The molecular weight excluding hydrogens is 422 g/mol. The molecule has 1 aromatic carbocycles. The van der Waals surface area contributed by atoms with Crippen LogP contribution in [0.5, 0.6) is 0 Å². The fourth-order valence-electron chi connectivity index (χ4n) is 3.69. The predicted molar refractivity (Wildman–Crippen MR) is 119 cm³/mol. The molecule has 2 N–H and O–H groups in total. The first-order valence-electron chi connectivity index (χ1n) is 10.1. The molecule has 0 saturated heterocycles. The lowest BCUT2D eigenvalue weighted by molar-refractivity contribution is 0.0963. The van der Waals surface area contributed by atoms with Crippen LogP contribution in [0.25, 0.3) is 0 Å². The highest BCUT2D eigenvalue weighted by molar-refractivity contribution is 7.89. The van der Waals surface area contributed by atoms with Crippen LogP contribution >= 0.6 is 11.3 Å². The first-order chi connectivity index (χ1) is 14.3. The number of rotatable bonds is 7. The van der Waals surface area contributed by atoms with Crippen LogP contribution in [0.2, 0.25) is 0 Å². The number of anilines is 1. The molecule has 1 aliphatic carbocycles. The number of benzene rings is 1. The van der Waals surface area contributed by atoms with Gasteiger partial charge in [-0.15, -0.1) is 11.3 Å². The molecule has 1 aliphatic rings. The summed E-state index contributed by atoms with van der Waals surface area (Å²) in [4.78, 5) is 26.5. The number of aryl methyl sites for hydroxylation is 1. The van der Waals surface area contributed by atoms with Gasteiger partial charge in [0.1, 0.15) is 5.00 Å². The van der Waals surface area contributed by atoms with E-state index < -0.39 is 10.0 Å². The van der Waals surface area contributed by atoms with Gasteiger partial charge >= 0.3 is 0 Å². The molecule has 2 amide bonds. The minimum absolute atomic E-state index is 0.153. The lowest BCUT2D eigenvalue weighted by Crippen LogP contribution is -2.30. The highest BCUT2D eigenvalue weighted by Crippen LogP contribution is 2.38. The van der Waals surface area contributed by atoms with Gasteiger partial charge in [-0.3, -0.25) is 9.59 Å². The summed E-state index contributed by atoms with van der Waals surface area (Å²) in [7, 11) is -2.00.